The highest BCUT2D eigenvalue weighted by Crippen LogP contribution is 2.23. The van der Waals surface area contributed by atoms with Crippen molar-refractivity contribution in [2.75, 3.05) is 6.54 Å². The first-order valence-electron chi connectivity index (χ1n) is 6.63. The van der Waals surface area contributed by atoms with Crippen LogP contribution in [0.2, 0.25) is 0 Å². The molecule has 0 spiro atoms. The van der Waals surface area contributed by atoms with E-state index in [-0.39, 0.29) is 5.41 Å². The lowest BCUT2D eigenvalue weighted by atomic mass is 9.86. The maximum absolute atomic E-state index is 4.37. The van der Waals surface area contributed by atoms with Gasteiger partial charge >= 0.3 is 0 Å². The minimum absolute atomic E-state index is 0.00391. The molecular formula is C14H26N4. The first kappa shape index (κ1) is 14.9. The van der Waals surface area contributed by atoms with Crippen molar-refractivity contribution in [3.8, 4) is 0 Å². The average molecular weight is 250 g/mol. The zero-order chi connectivity index (χ0) is 13.8. The summed E-state index contributed by atoms with van der Waals surface area (Å²) in [7, 11) is 0. The van der Waals surface area contributed by atoms with Gasteiger partial charge in [-0.1, -0.05) is 26.8 Å². The van der Waals surface area contributed by atoms with Crippen LogP contribution in [-0.2, 0) is 6.42 Å². The quantitative estimate of drug-likeness (QED) is 0.756. The van der Waals surface area contributed by atoms with Crippen LogP contribution < -0.4 is 5.32 Å². The molecule has 1 aromatic rings. The highest BCUT2D eigenvalue weighted by molar-refractivity contribution is 5.02. The second kappa shape index (κ2) is 6.14. The Kier molecular flexibility index (Phi) is 5.08. The van der Waals surface area contributed by atoms with Crippen LogP contribution in [0.15, 0.2) is 19.0 Å². The summed E-state index contributed by atoms with van der Waals surface area (Å²) in [4.78, 5) is 4.37. The minimum Gasteiger partial charge on any atom is -0.314 e. The first-order chi connectivity index (χ1) is 8.38. The molecule has 0 bridgehead atoms. The second-order valence-corrected chi connectivity index (χ2v) is 5.79. The summed E-state index contributed by atoms with van der Waals surface area (Å²) < 4.78 is 1.98. The third kappa shape index (κ3) is 3.95. The van der Waals surface area contributed by atoms with Gasteiger partial charge in [0.2, 0.25) is 0 Å². The third-order valence-electron chi connectivity index (χ3n) is 3.11. The molecule has 0 fully saturated rings. The predicted octanol–water partition coefficient (Wildman–Crippen LogP) is 2.59. The molecule has 0 aromatic carbocycles. The van der Waals surface area contributed by atoms with Crippen molar-refractivity contribution in [3.05, 3.63) is 24.8 Å². The molecule has 102 valence electrons. The van der Waals surface area contributed by atoms with E-state index in [4.69, 9.17) is 0 Å². The number of rotatable bonds is 7. The molecule has 0 radical (unpaired) electrons. The van der Waals surface area contributed by atoms with E-state index >= 15 is 0 Å². The van der Waals surface area contributed by atoms with Crippen LogP contribution in [0.5, 0.6) is 0 Å². The van der Waals surface area contributed by atoms with Gasteiger partial charge < -0.3 is 5.32 Å². The highest BCUT2D eigenvalue weighted by Gasteiger charge is 2.24. The summed E-state index contributed by atoms with van der Waals surface area (Å²) in [5, 5.41) is 7.75. The molecule has 0 amide bonds. The molecule has 1 aromatic heterocycles. The van der Waals surface area contributed by atoms with Gasteiger partial charge in [0.05, 0.1) is 0 Å². The Balaban J connectivity index is 2.78. The van der Waals surface area contributed by atoms with Gasteiger partial charge in [0, 0.05) is 30.5 Å². The molecule has 1 N–H and O–H groups in total. The van der Waals surface area contributed by atoms with E-state index in [1.165, 1.54) is 0 Å². The van der Waals surface area contributed by atoms with Crippen molar-refractivity contribution in [2.45, 2.75) is 53.1 Å². The number of aromatic nitrogens is 3. The monoisotopic (exact) mass is 250 g/mol. The molecule has 1 heterocycles. The van der Waals surface area contributed by atoms with Gasteiger partial charge in [0.15, 0.2) is 0 Å². The Morgan fingerprint density at radius 2 is 2.11 bits per heavy atom. The normalized spacial score (nSPS) is 15.1. The largest absolute Gasteiger partial charge is 0.314 e. The standard InChI is InChI=1S/C14H26N4/c1-7-14(6,9-15-11(2)3)8-13-16-10-17-18(13)12(4)5/h7,10-12,15H,1,8-9H2,2-6H3. The highest BCUT2D eigenvalue weighted by atomic mass is 15.3. The molecule has 1 unspecified atom stereocenters. The van der Waals surface area contributed by atoms with E-state index in [1.807, 2.05) is 10.8 Å². The van der Waals surface area contributed by atoms with Crippen LogP contribution in [0.25, 0.3) is 0 Å². The van der Waals surface area contributed by atoms with Gasteiger partial charge in [-0.2, -0.15) is 5.10 Å². The number of hydrogen-bond acceptors (Lipinski definition) is 3. The molecule has 0 aliphatic heterocycles. The Hall–Kier alpha value is -1.16. The number of hydrogen-bond donors (Lipinski definition) is 1. The fourth-order valence-electron chi connectivity index (χ4n) is 1.84. The second-order valence-electron chi connectivity index (χ2n) is 5.79. The Bertz CT molecular complexity index is 381. The van der Waals surface area contributed by atoms with E-state index in [0.29, 0.717) is 12.1 Å². The van der Waals surface area contributed by atoms with Gasteiger partial charge in [0.1, 0.15) is 12.2 Å². The summed E-state index contributed by atoms with van der Waals surface area (Å²) in [6.45, 7) is 15.6. The Labute approximate surface area is 110 Å². The van der Waals surface area contributed by atoms with Crippen molar-refractivity contribution < 1.29 is 0 Å². The maximum Gasteiger partial charge on any atom is 0.138 e. The number of nitrogens with one attached hydrogen (secondary N) is 1. The smallest absolute Gasteiger partial charge is 0.138 e. The fraction of sp³-hybridized carbons (Fsp3) is 0.714. The molecule has 1 atom stereocenters. The molecule has 1 rings (SSSR count). The maximum atomic E-state index is 4.37. The summed E-state index contributed by atoms with van der Waals surface area (Å²) in [6.07, 6.45) is 4.50. The van der Waals surface area contributed by atoms with Crippen LogP contribution in [0.4, 0.5) is 0 Å². The average Bonchev–Trinajstić information content (AvgIpc) is 2.74. The SMILES string of the molecule is C=CC(C)(CNC(C)C)Cc1ncnn1C(C)C. The van der Waals surface area contributed by atoms with Crippen molar-refractivity contribution in [2.24, 2.45) is 5.41 Å². The molecule has 0 saturated carbocycles. The van der Waals surface area contributed by atoms with Crippen LogP contribution in [0.1, 0.15) is 46.5 Å². The van der Waals surface area contributed by atoms with E-state index in [9.17, 15) is 0 Å². The van der Waals surface area contributed by atoms with Crippen molar-refractivity contribution in [1.82, 2.24) is 20.1 Å². The molecule has 4 nitrogen and oxygen atoms in total. The van der Waals surface area contributed by atoms with Gasteiger partial charge in [0.25, 0.3) is 0 Å². The van der Waals surface area contributed by atoms with Gasteiger partial charge in [-0.25, -0.2) is 9.67 Å². The van der Waals surface area contributed by atoms with Gasteiger partial charge in [-0.05, 0) is 13.8 Å². The van der Waals surface area contributed by atoms with Crippen molar-refractivity contribution >= 4 is 0 Å². The molecule has 0 saturated heterocycles. The Morgan fingerprint density at radius 3 is 2.61 bits per heavy atom. The summed E-state index contributed by atoms with van der Waals surface area (Å²) >= 11 is 0. The summed E-state index contributed by atoms with van der Waals surface area (Å²) in [5.41, 5.74) is 0.00391. The molecule has 0 aliphatic carbocycles. The molecule has 18 heavy (non-hydrogen) atoms. The van der Waals surface area contributed by atoms with E-state index in [1.54, 1.807) is 6.33 Å². The van der Waals surface area contributed by atoms with Gasteiger partial charge in [-0.15, -0.1) is 6.58 Å². The van der Waals surface area contributed by atoms with Crippen LogP contribution in [0.3, 0.4) is 0 Å². The van der Waals surface area contributed by atoms with E-state index in [2.05, 4.69) is 56.6 Å². The van der Waals surface area contributed by atoms with Crippen LogP contribution >= 0.6 is 0 Å². The lowest BCUT2D eigenvalue weighted by molar-refractivity contribution is 0.353. The van der Waals surface area contributed by atoms with Crippen LogP contribution in [-0.4, -0.2) is 27.4 Å². The van der Waals surface area contributed by atoms with E-state index < -0.39 is 0 Å². The van der Waals surface area contributed by atoms with Gasteiger partial charge in [-0.3, -0.25) is 0 Å². The summed E-state index contributed by atoms with van der Waals surface area (Å²) in [6, 6.07) is 0.821. The zero-order valence-electron chi connectivity index (χ0n) is 12.3. The van der Waals surface area contributed by atoms with Crippen LogP contribution in [0, 0.1) is 5.41 Å². The third-order valence-corrected chi connectivity index (χ3v) is 3.11. The molecule has 4 heteroatoms. The minimum atomic E-state index is 0.00391. The summed E-state index contributed by atoms with van der Waals surface area (Å²) in [5.74, 6) is 1.03. The van der Waals surface area contributed by atoms with Crippen molar-refractivity contribution in [1.29, 1.82) is 0 Å². The topological polar surface area (TPSA) is 42.7 Å². The Morgan fingerprint density at radius 1 is 1.44 bits per heavy atom. The first-order valence-corrected chi connectivity index (χ1v) is 6.63. The lowest BCUT2D eigenvalue weighted by Crippen LogP contribution is -2.36. The lowest BCUT2D eigenvalue weighted by Gasteiger charge is -2.27. The van der Waals surface area contributed by atoms with E-state index in [0.717, 1.165) is 18.8 Å². The zero-order valence-corrected chi connectivity index (χ0v) is 12.3. The fourth-order valence-corrected chi connectivity index (χ4v) is 1.84. The van der Waals surface area contributed by atoms with Crippen molar-refractivity contribution in [3.63, 3.8) is 0 Å². The predicted molar refractivity (Wildman–Crippen MR) is 75.6 cm³/mol. The molecular weight excluding hydrogens is 224 g/mol. The number of nitrogens with zero attached hydrogens (tertiary/aromatic N) is 3. The molecule has 0 aliphatic rings.